The number of hydrogen-bond acceptors (Lipinski definition) is 3. The molecule has 0 bridgehead atoms. The highest BCUT2D eigenvalue weighted by molar-refractivity contribution is 7.89. The maximum absolute atomic E-state index is 13.6. The molecule has 138 valence electrons. The van der Waals surface area contributed by atoms with E-state index in [9.17, 15) is 17.6 Å². The predicted octanol–water partition coefficient (Wildman–Crippen LogP) is 3.48. The minimum atomic E-state index is -3.72. The van der Waals surface area contributed by atoms with Crippen LogP contribution in [0.25, 0.3) is 0 Å². The summed E-state index contributed by atoms with van der Waals surface area (Å²) in [5, 5.41) is 2.69. The molecule has 5 nitrogen and oxygen atoms in total. The molecule has 1 aliphatic rings. The monoisotopic (exact) mass is 376 g/mol. The maximum atomic E-state index is 13.6. The average Bonchev–Trinajstić information content (AvgIpc) is 2.62. The van der Waals surface area contributed by atoms with Gasteiger partial charge in [0.05, 0.1) is 4.90 Å². The minimum absolute atomic E-state index is 0.135. The number of nitrogens with one attached hydrogen (secondary N) is 1. The van der Waals surface area contributed by atoms with E-state index >= 15 is 0 Å². The fraction of sp³-hybridized carbons (Fsp3) is 0.316. The molecule has 7 heteroatoms. The molecule has 1 N–H and O–H groups in total. The van der Waals surface area contributed by atoms with Crippen molar-refractivity contribution in [1.82, 2.24) is 4.31 Å². The van der Waals surface area contributed by atoms with Crippen LogP contribution in [-0.4, -0.2) is 25.2 Å². The van der Waals surface area contributed by atoms with Crippen molar-refractivity contribution in [2.24, 2.45) is 0 Å². The molecule has 3 rings (SSSR count). The van der Waals surface area contributed by atoms with Crippen LogP contribution in [0.4, 0.5) is 10.1 Å². The van der Waals surface area contributed by atoms with Crippen molar-refractivity contribution in [2.75, 3.05) is 11.9 Å². The first-order valence-corrected chi connectivity index (χ1v) is 9.97. The van der Waals surface area contributed by atoms with Gasteiger partial charge in [-0.3, -0.25) is 4.79 Å². The average molecular weight is 376 g/mol. The summed E-state index contributed by atoms with van der Waals surface area (Å²) < 4.78 is 41.0. The minimum Gasteiger partial charge on any atom is -0.326 e. The molecule has 0 spiro atoms. The lowest BCUT2D eigenvalue weighted by Crippen LogP contribution is -2.38. The number of halogens is 1. The Hall–Kier alpha value is -2.25. The van der Waals surface area contributed by atoms with E-state index < -0.39 is 16.1 Å². The molecular weight excluding hydrogens is 355 g/mol. The van der Waals surface area contributed by atoms with Gasteiger partial charge in [0.1, 0.15) is 5.82 Å². The van der Waals surface area contributed by atoms with Crippen molar-refractivity contribution < 1.29 is 17.6 Å². The van der Waals surface area contributed by atoms with Crippen LogP contribution in [0.5, 0.6) is 0 Å². The summed E-state index contributed by atoms with van der Waals surface area (Å²) >= 11 is 0. The van der Waals surface area contributed by atoms with E-state index in [-0.39, 0.29) is 16.6 Å². The first kappa shape index (κ1) is 18.5. The number of carbonyl (C=O) groups excluding carboxylic acids is 1. The third-order valence-electron chi connectivity index (χ3n) is 4.66. The molecule has 1 amide bonds. The topological polar surface area (TPSA) is 66.5 Å². The van der Waals surface area contributed by atoms with Gasteiger partial charge in [0.2, 0.25) is 15.9 Å². The third kappa shape index (κ3) is 3.50. The van der Waals surface area contributed by atoms with E-state index in [1.165, 1.54) is 28.6 Å². The number of fused-ring (bicyclic) bond motifs is 1. The summed E-state index contributed by atoms with van der Waals surface area (Å²) in [4.78, 5) is 11.6. The number of hydrogen-bond donors (Lipinski definition) is 1. The third-order valence-corrected chi connectivity index (χ3v) is 6.64. The zero-order valence-corrected chi connectivity index (χ0v) is 15.5. The van der Waals surface area contributed by atoms with Crippen LogP contribution in [0.15, 0.2) is 47.4 Å². The molecule has 1 aliphatic heterocycles. The Labute approximate surface area is 152 Å². The molecule has 1 atom stereocenters. The molecule has 1 unspecified atom stereocenters. The molecule has 0 fully saturated rings. The van der Waals surface area contributed by atoms with Gasteiger partial charge in [0, 0.05) is 24.7 Å². The number of amides is 1. The van der Waals surface area contributed by atoms with Crippen molar-refractivity contribution in [3.8, 4) is 0 Å². The highest BCUT2D eigenvalue weighted by atomic mass is 32.2. The van der Waals surface area contributed by atoms with Crippen LogP contribution >= 0.6 is 0 Å². The molecule has 0 aliphatic carbocycles. The van der Waals surface area contributed by atoms with Gasteiger partial charge in [0.15, 0.2) is 0 Å². The highest BCUT2D eigenvalue weighted by Gasteiger charge is 2.34. The first-order valence-electron chi connectivity index (χ1n) is 8.53. The number of anilines is 1. The smallest absolute Gasteiger partial charge is 0.243 e. The van der Waals surface area contributed by atoms with Gasteiger partial charge in [-0.25, -0.2) is 12.8 Å². The second-order valence-electron chi connectivity index (χ2n) is 6.31. The summed E-state index contributed by atoms with van der Waals surface area (Å²) in [6.45, 7) is 3.86. The van der Waals surface area contributed by atoms with Crippen molar-refractivity contribution in [3.63, 3.8) is 0 Å². The van der Waals surface area contributed by atoms with Gasteiger partial charge in [-0.15, -0.1) is 0 Å². The Balaban J connectivity index is 1.87. The summed E-state index contributed by atoms with van der Waals surface area (Å²) in [6.07, 6.45) is 0.894. The molecule has 26 heavy (non-hydrogen) atoms. The van der Waals surface area contributed by atoms with E-state index in [0.29, 0.717) is 30.6 Å². The van der Waals surface area contributed by atoms with E-state index in [1.807, 2.05) is 0 Å². The molecular formula is C19H21FN2O3S. The molecule has 1 heterocycles. The summed E-state index contributed by atoms with van der Waals surface area (Å²) in [6, 6.07) is 10.2. The zero-order chi connectivity index (χ0) is 18.9. The van der Waals surface area contributed by atoms with E-state index in [0.717, 1.165) is 5.56 Å². The van der Waals surface area contributed by atoms with E-state index in [4.69, 9.17) is 0 Å². The Bertz CT molecular complexity index is 926. The van der Waals surface area contributed by atoms with Gasteiger partial charge in [-0.2, -0.15) is 4.31 Å². The Morgan fingerprint density at radius 3 is 2.58 bits per heavy atom. The van der Waals surface area contributed by atoms with Crippen molar-refractivity contribution >= 4 is 21.6 Å². The SMILES string of the molecule is CCC(=O)Nc1ccc(S(=O)(=O)N2CCc3ccc(F)cc3C2C)cc1. The maximum Gasteiger partial charge on any atom is 0.243 e. The van der Waals surface area contributed by atoms with Crippen LogP contribution in [0, 0.1) is 5.82 Å². The first-order chi connectivity index (χ1) is 12.3. The Kier molecular flexibility index (Phi) is 5.11. The Morgan fingerprint density at radius 2 is 1.92 bits per heavy atom. The predicted molar refractivity (Wildman–Crippen MR) is 97.8 cm³/mol. The van der Waals surface area contributed by atoms with E-state index in [2.05, 4.69) is 5.32 Å². The second-order valence-corrected chi connectivity index (χ2v) is 8.20. The van der Waals surface area contributed by atoms with Crippen LogP contribution in [0.1, 0.15) is 37.4 Å². The van der Waals surface area contributed by atoms with Gasteiger partial charge in [0.25, 0.3) is 0 Å². The largest absolute Gasteiger partial charge is 0.326 e. The standard InChI is InChI=1S/C19H21FN2O3S/c1-3-19(23)21-16-6-8-17(9-7-16)26(24,25)22-11-10-14-4-5-15(20)12-18(14)13(22)2/h4-9,12-13H,3,10-11H2,1-2H3,(H,21,23). The van der Waals surface area contributed by atoms with Crippen LogP contribution < -0.4 is 5.32 Å². The van der Waals surface area contributed by atoms with E-state index in [1.54, 1.807) is 32.0 Å². The lowest BCUT2D eigenvalue weighted by molar-refractivity contribution is -0.115. The number of sulfonamides is 1. The molecule has 0 aromatic heterocycles. The van der Waals surface area contributed by atoms with Crippen molar-refractivity contribution in [3.05, 3.63) is 59.4 Å². The van der Waals surface area contributed by atoms with Gasteiger partial charge in [-0.1, -0.05) is 13.0 Å². The molecule has 0 radical (unpaired) electrons. The fourth-order valence-corrected chi connectivity index (χ4v) is 4.80. The van der Waals surface area contributed by atoms with Crippen molar-refractivity contribution in [2.45, 2.75) is 37.6 Å². The summed E-state index contributed by atoms with van der Waals surface area (Å²) in [5.74, 6) is -0.505. The van der Waals surface area contributed by atoms with Crippen LogP contribution in [0.2, 0.25) is 0 Å². The molecule has 2 aromatic carbocycles. The van der Waals surface area contributed by atoms with Gasteiger partial charge < -0.3 is 5.32 Å². The number of carbonyl (C=O) groups is 1. The molecule has 2 aromatic rings. The van der Waals surface area contributed by atoms with Crippen LogP contribution in [-0.2, 0) is 21.2 Å². The van der Waals surface area contributed by atoms with Crippen molar-refractivity contribution in [1.29, 1.82) is 0 Å². The summed E-state index contributed by atoms with van der Waals surface area (Å²) in [7, 11) is -3.72. The fourth-order valence-electron chi connectivity index (χ4n) is 3.19. The highest BCUT2D eigenvalue weighted by Crippen LogP contribution is 2.34. The molecule has 0 saturated carbocycles. The Morgan fingerprint density at radius 1 is 1.23 bits per heavy atom. The normalized spacial score (nSPS) is 17.6. The lowest BCUT2D eigenvalue weighted by atomic mass is 9.95. The second kappa shape index (κ2) is 7.17. The number of nitrogens with zero attached hydrogens (tertiary/aromatic N) is 1. The number of rotatable bonds is 4. The zero-order valence-electron chi connectivity index (χ0n) is 14.7. The van der Waals surface area contributed by atoms with Gasteiger partial charge >= 0.3 is 0 Å². The number of benzene rings is 2. The molecule has 0 saturated heterocycles. The van der Waals surface area contributed by atoms with Gasteiger partial charge in [-0.05, 0) is 60.9 Å². The summed E-state index contributed by atoms with van der Waals surface area (Å²) in [5.41, 5.74) is 2.23. The van der Waals surface area contributed by atoms with Crippen LogP contribution in [0.3, 0.4) is 0 Å². The lowest BCUT2D eigenvalue weighted by Gasteiger charge is -2.34. The quantitative estimate of drug-likeness (QED) is 0.888.